The standard InChI is InChI=1S/C46H27N3OS/c1-3-14-28(15-4-1)43-47-44(29-16-5-2-6-17-29)49-45(48-43)32-20-13-23-36-42(32)51-39-25-12-10-22-34(39)46(36)33-21-9-7-18-30(33)40-35(46)26-27-38-41(40)31-19-8-11-24-37(31)50-38/h1-27H. The first-order chi connectivity index (χ1) is 25.3. The number of hydrogen-bond acceptors (Lipinski definition) is 5. The zero-order chi connectivity index (χ0) is 33.5. The van der Waals surface area contributed by atoms with Crippen LogP contribution in [-0.2, 0) is 5.41 Å². The topological polar surface area (TPSA) is 51.8 Å². The van der Waals surface area contributed by atoms with Crippen LogP contribution >= 0.6 is 11.8 Å². The van der Waals surface area contributed by atoms with Crippen LogP contribution in [0.4, 0.5) is 0 Å². The lowest BCUT2D eigenvalue weighted by molar-refractivity contribution is 0.668. The van der Waals surface area contributed by atoms with Crippen LogP contribution in [0.5, 0.6) is 0 Å². The zero-order valence-corrected chi connectivity index (χ0v) is 28.1. The maximum Gasteiger partial charge on any atom is 0.165 e. The first kappa shape index (κ1) is 28.5. The van der Waals surface area contributed by atoms with Crippen LogP contribution in [0.3, 0.4) is 0 Å². The van der Waals surface area contributed by atoms with Crippen LogP contribution in [0.1, 0.15) is 22.3 Å². The molecule has 4 nitrogen and oxygen atoms in total. The van der Waals surface area contributed by atoms with Gasteiger partial charge in [0.1, 0.15) is 11.2 Å². The predicted octanol–water partition coefficient (Wildman–Crippen LogP) is 11.6. The van der Waals surface area contributed by atoms with E-state index in [1.54, 1.807) is 11.8 Å². The highest BCUT2D eigenvalue weighted by molar-refractivity contribution is 7.99. The van der Waals surface area contributed by atoms with E-state index in [-0.39, 0.29) is 0 Å². The predicted molar refractivity (Wildman–Crippen MR) is 205 cm³/mol. The summed E-state index contributed by atoms with van der Waals surface area (Å²) in [5.41, 5.74) is 11.7. The molecule has 1 aliphatic heterocycles. The Kier molecular flexibility index (Phi) is 6.07. The van der Waals surface area contributed by atoms with Crippen molar-refractivity contribution in [3.63, 3.8) is 0 Å². The smallest absolute Gasteiger partial charge is 0.165 e. The third kappa shape index (κ3) is 4.01. The third-order valence-electron chi connectivity index (χ3n) is 10.4. The van der Waals surface area contributed by atoms with Gasteiger partial charge in [-0.15, -0.1) is 0 Å². The van der Waals surface area contributed by atoms with Crippen molar-refractivity contribution in [1.82, 2.24) is 15.0 Å². The number of para-hydroxylation sites is 1. The van der Waals surface area contributed by atoms with E-state index in [2.05, 4.69) is 121 Å². The van der Waals surface area contributed by atoms with E-state index in [1.165, 1.54) is 43.7 Å². The third-order valence-corrected chi connectivity index (χ3v) is 11.6. The van der Waals surface area contributed by atoms with Gasteiger partial charge in [-0.3, -0.25) is 0 Å². The number of furan rings is 1. The fourth-order valence-electron chi connectivity index (χ4n) is 8.33. The molecule has 0 saturated carbocycles. The lowest BCUT2D eigenvalue weighted by Crippen LogP contribution is -2.32. The number of hydrogen-bond donors (Lipinski definition) is 0. The minimum absolute atomic E-state index is 0.566. The van der Waals surface area contributed by atoms with Crippen LogP contribution in [0.25, 0.3) is 67.2 Å². The van der Waals surface area contributed by atoms with Crippen molar-refractivity contribution < 1.29 is 4.42 Å². The summed E-state index contributed by atoms with van der Waals surface area (Å²) in [5, 5.41) is 2.30. The van der Waals surface area contributed by atoms with Crippen molar-refractivity contribution >= 4 is 33.7 Å². The lowest BCUT2D eigenvalue weighted by atomic mass is 9.67. The highest BCUT2D eigenvalue weighted by atomic mass is 32.2. The molecule has 2 aromatic heterocycles. The fourth-order valence-corrected chi connectivity index (χ4v) is 9.63. The summed E-state index contributed by atoms with van der Waals surface area (Å²) < 4.78 is 6.45. The maximum absolute atomic E-state index is 6.45. The number of rotatable bonds is 3. The average Bonchev–Trinajstić information content (AvgIpc) is 3.72. The van der Waals surface area contributed by atoms with Gasteiger partial charge in [-0.05, 0) is 51.6 Å². The second-order valence-corrected chi connectivity index (χ2v) is 14.1. The molecule has 0 N–H and O–H groups in total. The Balaban J connectivity index is 1.24. The number of aromatic nitrogens is 3. The van der Waals surface area contributed by atoms with Crippen LogP contribution in [0.15, 0.2) is 178 Å². The van der Waals surface area contributed by atoms with Gasteiger partial charge in [0, 0.05) is 37.3 Å². The number of fused-ring (bicyclic) bond motifs is 13. The molecule has 3 heterocycles. The summed E-state index contributed by atoms with van der Waals surface area (Å²) in [5.74, 6) is 1.96. The van der Waals surface area contributed by atoms with E-state index in [4.69, 9.17) is 19.4 Å². The van der Waals surface area contributed by atoms with Gasteiger partial charge in [0.05, 0.1) is 5.41 Å². The first-order valence-electron chi connectivity index (χ1n) is 17.1. The molecule has 9 aromatic rings. The van der Waals surface area contributed by atoms with E-state index in [0.717, 1.165) is 38.1 Å². The summed E-state index contributed by atoms with van der Waals surface area (Å²) in [6.45, 7) is 0. The van der Waals surface area contributed by atoms with Gasteiger partial charge < -0.3 is 4.42 Å². The Hall–Kier alpha value is -6.30. The molecule has 1 atom stereocenters. The maximum atomic E-state index is 6.45. The molecule has 238 valence electrons. The van der Waals surface area contributed by atoms with Crippen LogP contribution < -0.4 is 0 Å². The van der Waals surface area contributed by atoms with Gasteiger partial charge in [-0.2, -0.15) is 0 Å². The summed E-state index contributed by atoms with van der Waals surface area (Å²) >= 11 is 1.81. The van der Waals surface area contributed by atoms with Crippen molar-refractivity contribution in [3.05, 3.63) is 186 Å². The molecule has 2 aliphatic rings. The van der Waals surface area contributed by atoms with Crippen molar-refractivity contribution in [1.29, 1.82) is 0 Å². The Morgan fingerprint density at radius 1 is 0.431 bits per heavy atom. The van der Waals surface area contributed by atoms with E-state index in [1.807, 2.05) is 42.5 Å². The largest absolute Gasteiger partial charge is 0.456 e. The highest BCUT2D eigenvalue weighted by Gasteiger charge is 2.51. The Bertz CT molecular complexity index is 2790. The Morgan fingerprint density at radius 3 is 1.82 bits per heavy atom. The quantitative estimate of drug-likeness (QED) is 0.187. The second kappa shape index (κ2) is 10.8. The molecule has 0 saturated heterocycles. The summed E-state index contributed by atoms with van der Waals surface area (Å²) in [6.07, 6.45) is 0. The molecule has 0 fully saturated rings. The van der Waals surface area contributed by atoms with Crippen molar-refractivity contribution in [3.8, 4) is 45.3 Å². The van der Waals surface area contributed by atoms with E-state index < -0.39 is 5.41 Å². The average molecular weight is 670 g/mol. The molecule has 11 rings (SSSR count). The fraction of sp³-hybridized carbons (Fsp3) is 0.0217. The minimum Gasteiger partial charge on any atom is -0.456 e. The van der Waals surface area contributed by atoms with Crippen LogP contribution in [0, 0.1) is 0 Å². The molecule has 1 spiro atoms. The van der Waals surface area contributed by atoms with Crippen LogP contribution in [0.2, 0.25) is 0 Å². The minimum atomic E-state index is -0.566. The molecule has 1 unspecified atom stereocenters. The number of nitrogens with zero attached hydrogens (tertiary/aromatic N) is 3. The summed E-state index contributed by atoms with van der Waals surface area (Å²) in [6, 6.07) is 57.7. The van der Waals surface area contributed by atoms with Gasteiger partial charge >= 0.3 is 0 Å². The van der Waals surface area contributed by atoms with E-state index in [9.17, 15) is 0 Å². The SMILES string of the molecule is c1ccc(-c2nc(-c3ccccc3)nc(-c3cccc4c3Sc3ccccc3C43c4ccccc4-c4c3ccc3oc5ccccc5c43)n2)cc1. The van der Waals surface area contributed by atoms with Crippen LogP contribution in [-0.4, -0.2) is 15.0 Å². The normalized spacial score (nSPS) is 15.5. The summed E-state index contributed by atoms with van der Waals surface area (Å²) in [7, 11) is 0. The summed E-state index contributed by atoms with van der Waals surface area (Å²) in [4.78, 5) is 17.7. The molecule has 5 heteroatoms. The molecule has 1 aliphatic carbocycles. The zero-order valence-electron chi connectivity index (χ0n) is 27.2. The molecule has 0 bridgehead atoms. The lowest BCUT2D eigenvalue weighted by Gasteiger charge is -2.40. The molecule has 0 radical (unpaired) electrons. The molecule has 7 aromatic carbocycles. The Labute approximate surface area is 298 Å². The molecule has 51 heavy (non-hydrogen) atoms. The van der Waals surface area contributed by atoms with Crippen molar-refractivity contribution in [2.75, 3.05) is 0 Å². The molecular formula is C46H27N3OS. The van der Waals surface area contributed by atoms with E-state index in [0.29, 0.717) is 17.5 Å². The monoisotopic (exact) mass is 669 g/mol. The van der Waals surface area contributed by atoms with Crippen molar-refractivity contribution in [2.24, 2.45) is 0 Å². The van der Waals surface area contributed by atoms with Crippen molar-refractivity contribution in [2.45, 2.75) is 15.2 Å². The highest BCUT2D eigenvalue weighted by Crippen LogP contribution is 2.64. The van der Waals surface area contributed by atoms with Gasteiger partial charge in [0.15, 0.2) is 17.5 Å². The number of benzene rings is 7. The second-order valence-electron chi connectivity index (χ2n) is 13.1. The van der Waals surface area contributed by atoms with E-state index >= 15 is 0 Å². The van der Waals surface area contributed by atoms with Gasteiger partial charge in [-0.1, -0.05) is 157 Å². The Morgan fingerprint density at radius 2 is 1.04 bits per heavy atom. The van der Waals surface area contributed by atoms with Gasteiger partial charge in [0.25, 0.3) is 0 Å². The molecular weight excluding hydrogens is 643 g/mol. The first-order valence-corrected chi connectivity index (χ1v) is 17.9. The van der Waals surface area contributed by atoms with Gasteiger partial charge in [-0.25, -0.2) is 15.0 Å². The van der Waals surface area contributed by atoms with Gasteiger partial charge in [0.2, 0.25) is 0 Å². The molecule has 0 amide bonds.